The van der Waals surface area contributed by atoms with Crippen molar-refractivity contribution >= 4 is 98.4 Å². The minimum absolute atomic E-state index is 0.000453. The number of nitrogens with one attached hydrogen (secondary N) is 11. The maximum Gasteiger partial charge on any atom is 0.304 e. The molecule has 10 rings (SSSR count). The SMILES string of the molecule is COc1ccc(C[C@@H]2NC(=O)[C@H](Cc3cnc[nH]3)NC(=O)[C@H](CC(=O)O)CC(=O)[C@H](Cc3c[nH]c4ccc(F)cc34)NC(=O)[C@H](Cc3c[nH]c4ccc(F)cc34)NC(=O)[C@@H](C)NC(=O)[C@H](CCCCN)NC(=O)[C@@H](NC(C)=O)CCCCCCC(=O)c3ccc(cc3)C[C@@H](C(N)=O)NC(=O)[C@]3(C)CCCN3C2=O)cc1. The number of aliphatic carboxylic acids is 1. The maximum absolute atomic E-state index is 15.4. The van der Waals surface area contributed by atoms with E-state index >= 15 is 32.8 Å². The summed E-state index contributed by atoms with van der Waals surface area (Å²) in [4.78, 5) is 200. The topological polar surface area (TPSA) is 463 Å². The van der Waals surface area contributed by atoms with E-state index in [1.165, 1.54) is 94.1 Å². The molecule has 3 aliphatic heterocycles. The number of aromatic nitrogens is 4. The number of nitrogens with two attached hydrogens (primary N) is 2. The van der Waals surface area contributed by atoms with Gasteiger partial charge in [-0.05, 0) is 136 Å². The first-order chi connectivity index (χ1) is 52.6. The molecule has 4 aromatic carbocycles. The first-order valence-electron chi connectivity index (χ1n) is 36.8. The average molecular weight is 1520 g/mol. The molecule has 110 heavy (non-hydrogen) atoms. The largest absolute Gasteiger partial charge is 0.497 e. The summed E-state index contributed by atoms with van der Waals surface area (Å²) in [7, 11) is 1.46. The third kappa shape index (κ3) is 22.2. The lowest BCUT2D eigenvalue weighted by Gasteiger charge is -2.37. The number of methoxy groups -OCH3 is 1. The number of H-pyrrole nitrogens is 3. The molecular formula is C78H95F2N15O15. The Kier molecular flexibility index (Phi) is 28.7. The molecule has 16 N–H and O–H groups in total. The Morgan fingerprint density at radius 1 is 0.655 bits per heavy atom. The Labute approximate surface area is 632 Å². The Morgan fingerprint density at radius 3 is 1.86 bits per heavy atom. The number of fused-ring (bicyclic) bond motifs is 36. The van der Waals surface area contributed by atoms with Crippen LogP contribution in [0.2, 0.25) is 0 Å². The van der Waals surface area contributed by atoms with Crippen LogP contribution in [-0.4, -0.2) is 181 Å². The molecule has 10 atom stereocenters. The van der Waals surface area contributed by atoms with E-state index in [-0.39, 0.29) is 80.5 Å². The van der Waals surface area contributed by atoms with Gasteiger partial charge in [-0.1, -0.05) is 55.7 Å². The normalized spacial score (nSPS) is 23.4. The van der Waals surface area contributed by atoms with Crippen LogP contribution in [0.15, 0.2) is 110 Å². The van der Waals surface area contributed by atoms with Crippen LogP contribution in [0, 0.1) is 17.6 Å². The van der Waals surface area contributed by atoms with E-state index in [0.717, 1.165) is 0 Å². The number of hydrogen-bond acceptors (Lipinski definition) is 16. The summed E-state index contributed by atoms with van der Waals surface area (Å²) in [5.74, 6) is -14.1. The smallest absolute Gasteiger partial charge is 0.304 e. The monoisotopic (exact) mass is 1520 g/mol. The van der Waals surface area contributed by atoms with Crippen molar-refractivity contribution in [3.8, 4) is 5.75 Å². The van der Waals surface area contributed by atoms with Crippen molar-refractivity contribution in [2.75, 3.05) is 20.2 Å². The van der Waals surface area contributed by atoms with E-state index in [0.29, 0.717) is 89.4 Å². The van der Waals surface area contributed by atoms with Crippen molar-refractivity contribution in [3.05, 3.63) is 155 Å². The van der Waals surface area contributed by atoms with Crippen LogP contribution in [0.5, 0.6) is 5.75 Å². The van der Waals surface area contributed by atoms with Gasteiger partial charge in [0.05, 0.1) is 31.8 Å². The number of aromatic amines is 3. The maximum atomic E-state index is 15.4. The highest BCUT2D eigenvalue weighted by molar-refractivity contribution is 6.01. The number of unbranched alkanes of at least 4 members (excludes halogenated alkanes) is 1. The standard InChI is InChI=1S/C78H95F2N15O15/c1-43-70(102)91-63(33-50-40-85-58-26-22-52(80)37-56(50)58)74(106)90-61(32-49-39-84-57-25-21-51(79)36-55(49)57)67(98)34-48(35-68(99)100)71(103)92-64(38-53-41-83-42-86-53)75(107)93-65(31-46-17-23-54(110-4)24-18-46)76(108)95-29-11-27-78(95,3)77(109)94-62(69(82)101)30-45-15-19-47(20-16-45)66(97)14-8-6-5-7-12-59(88-44(2)96)73(105)89-60(72(104)87-43)13-9-10-28-81/h15-26,36-37,39-43,48,59-65,84-85H,5-14,27-35,38,81H2,1-4H3,(H2,82,101)(H,83,86)(H,87,104)(H,88,96)(H,89,105)(H,90,106)(H,91,102)(H,92,103)(H,93,107)(H,94,109)(H,99,100)/t43-,48+,59+,60+,61+,62+,63+,64+,65+,78+/m1/s1. The number of halogens is 2. The first-order valence-corrected chi connectivity index (χ1v) is 36.8. The van der Waals surface area contributed by atoms with Gasteiger partial charge in [-0.3, -0.25) is 62.3 Å². The number of carboxylic acid groups (broad SMARTS) is 1. The number of carbonyl (C=O) groups is 13. The number of rotatable bonds is 17. The summed E-state index contributed by atoms with van der Waals surface area (Å²) in [5, 5.41) is 32.5. The van der Waals surface area contributed by atoms with Crippen molar-refractivity contribution in [1.29, 1.82) is 0 Å². The second-order valence-corrected chi connectivity index (χ2v) is 28.4. The fourth-order valence-corrected chi connectivity index (χ4v) is 13.9. The lowest BCUT2D eigenvalue weighted by Crippen LogP contribution is -2.63. The molecule has 586 valence electrons. The highest BCUT2D eigenvalue weighted by atomic mass is 19.1. The van der Waals surface area contributed by atoms with Crippen LogP contribution in [0.1, 0.15) is 143 Å². The van der Waals surface area contributed by atoms with Crippen LogP contribution in [0.25, 0.3) is 21.8 Å². The van der Waals surface area contributed by atoms with E-state index in [1.807, 2.05) is 0 Å². The molecule has 6 heterocycles. The molecule has 1 fully saturated rings. The molecule has 10 amide bonds. The van der Waals surface area contributed by atoms with Crippen molar-refractivity contribution in [3.63, 3.8) is 0 Å². The summed E-state index contributed by atoms with van der Waals surface area (Å²) in [6, 6.07) is 8.82. The van der Waals surface area contributed by atoms with Gasteiger partial charge < -0.3 is 83.7 Å². The Balaban J connectivity index is 1.08. The number of ketones is 2. The number of amides is 10. The van der Waals surface area contributed by atoms with E-state index in [2.05, 4.69) is 62.5 Å². The van der Waals surface area contributed by atoms with E-state index < -0.39 is 168 Å². The van der Waals surface area contributed by atoms with E-state index in [1.54, 1.807) is 48.5 Å². The summed E-state index contributed by atoms with van der Waals surface area (Å²) >= 11 is 0. The molecular weight excluding hydrogens is 1420 g/mol. The predicted octanol–water partition coefficient (Wildman–Crippen LogP) is 3.67. The van der Waals surface area contributed by atoms with Gasteiger partial charge in [-0.2, -0.15) is 0 Å². The Hall–Kier alpha value is -11.7. The van der Waals surface area contributed by atoms with E-state index in [9.17, 15) is 43.5 Å². The zero-order chi connectivity index (χ0) is 79.3. The predicted molar refractivity (Wildman–Crippen MR) is 399 cm³/mol. The number of carbonyl (C=O) groups excluding carboxylic acids is 12. The third-order valence-corrected chi connectivity index (χ3v) is 20.1. The average Bonchev–Trinajstić information content (AvgIpc) is 1.59. The molecule has 2 bridgehead atoms. The number of imidazole rings is 1. The Morgan fingerprint density at radius 2 is 1.25 bits per heavy atom. The zero-order valence-electron chi connectivity index (χ0n) is 61.7. The third-order valence-electron chi connectivity index (χ3n) is 20.1. The first kappa shape index (κ1) is 82.4. The molecule has 3 aromatic heterocycles. The summed E-state index contributed by atoms with van der Waals surface area (Å²) in [5.41, 5.74) is 13.2. The molecule has 0 radical (unpaired) electrons. The molecule has 3 aliphatic rings. The quantitative estimate of drug-likeness (QED) is 0.0457. The van der Waals surface area contributed by atoms with Gasteiger partial charge >= 0.3 is 5.97 Å². The van der Waals surface area contributed by atoms with Gasteiger partial charge in [0.15, 0.2) is 11.6 Å². The molecule has 7 aromatic rings. The van der Waals surface area contributed by atoms with E-state index in [4.69, 9.17) is 16.2 Å². The number of hydrogen-bond donors (Lipinski definition) is 14. The number of primary amides is 1. The van der Waals surface area contributed by atoms with Gasteiger partial charge in [0.25, 0.3) is 0 Å². The molecule has 0 spiro atoms. The minimum atomic E-state index is -1.83. The highest BCUT2D eigenvalue weighted by Crippen LogP contribution is 2.32. The van der Waals surface area contributed by atoms with Crippen molar-refractivity contribution in [2.24, 2.45) is 17.4 Å². The molecule has 32 heteroatoms. The van der Waals surface area contributed by atoms with Crippen LogP contribution in [0.3, 0.4) is 0 Å². The number of carboxylic acids is 1. The molecule has 0 unspecified atom stereocenters. The van der Waals surface area contributed by atoms with Crippen LogP contribution >= 0.6 is 0 Å². The summed E-state index contributed by atoms with van der Waals surface area (Å²) in [6.45, 7) is 4.28. The minimum Gasteiger partial charge on any atom is -0.497 e. The number of ether oxygens (including phenoxy) is 1. The number of benzene rings is 4. The molecule has 0 aliphatic carbocycles. The van der Waals surface area contributed by atoms with Gasteiger partial charge in [0.1, 0.15) is 65.2 Å². The second-order valence-electron chi connectivity index (χ2n) is 28.4. The van der Waals surface area contributed by atoms with Crippen LogP contribution in [-0.2, 0) is 89.6 Å². The lowest BCUT2D eigenvalue weighted by atomic mass is 9.91. The zero-order valence-corrected chi connectivity index (χ0v) is 61.7. The van der Waals surface area contributed by atoms with Gasteiger partial charge in [-0.25, -0.2) is 13.8 Å². The van der Waals surface area contributed by atoms with Crippen LogP contribution in [0.4, 0.5) is 8.78 Å². The molecule has 30 nitrogen and oxygen atoms in total. The lowest BCUT2D eigenvalue weighted by molar-refractivity contribution is -0.147. The molecule has 0 saturated carbocycles. The van der Waals surface area contributed by atoms with Gasteiger partial charge in [0.2, 0.25) is 59.1 Å². The summed E-state index contributed by atoms with van der Waals surface area (Å²) in [6.07, 6.45) is 5.46. The fourth-order valence-electron chi connectivity index (χ4n) is 13.9. The summed E-state index contributed by atoms with van der Waals surface area (Å²) < 4.78 is 35.5. The Bertz CT molecular complexity index is 4490. The van der Waals surface area contributed by atoms with Gasteiger partial charge in [-0.15, -0.1) is 0 Å². The fraction of sp³-hybridized carbons (Fsp3) is 0.436. The van der Waals surface area contributed by atoms with Crippen molar-refractivity contribution in [2.45, 2.75) is 190 Å². The highest BCUT2D eigenvalue weighted by Gasteiger charge is 2.49. The van der Waals surface area contributed by atoms with Crippen molar-refractivity contribution in [1.82, 2.24) is 67.4 Å². The van der Waals surface area contributed by atoms with Crippen molar-refractivity contribution < 1.29 is 81.0 Å². The van der Waals surface area contributed by atoms with Crippen LogP contribution < -0.4 is 58.7 Å². The second kappa shape index (κ2) is 38.4. The number of nitrogens with zero attached hydrogens (tertiary/aromatic N) is 2. The van der Waals surface area contributed by atoms with Gasteiger partial charge in [0, 0.05) is 110 Å². The number of Topliss-reactive ketones (excluding diaryl/α,β-unsaturated/α-hetero) is 2. The molecule has 1 saturated heterocycles.